The molecule has 1 amide bonds. The van der Waals surface area contributed by atoms with Gasteiger partial charge in [0, 0.05) is 11.3 Å². The second-order valence-electron chi connectivity index (χ2n) is 4.46. The molecule has 0 heterocycles. The smallest absolute Gasteiger partial charge is 0.338 e. The van der Waals surface area contributed by atoms with Gasteiger partial charge in [0.25, 0.3) is 5.91 Å². The van der Waals surface area contributed by atoms with E-state index in [0.29, 0.717) is 23.4 Å². The van der Waals surface area contributed by atoms with Gasteiger partial charge in [-0.15, -0.1) is 0 Å². The number of amides is 1. The van der Waals surface area contributed by atoms with Crippen LogP contribution in [0.3, 0.4) is 0 Å². The number of esters is 1. The van der Waals surface area contributed by atoms with Gasteiger partial charge in [0.1, 0.15) is 0 Å². The molecule has 0 saturated heterocycles. The average Bonchev–Trinajstić information content (AvgIpc) is 2.45. The molecule has 0 fully saturated rings. The lowest BCUT2D eigenvalue weighted by Crippen LogP contribution is -2.13. The molecule has 1 aromatic rings. The number of benzene rings is 1. The summed E-state index contributed by atoms with van der Waals surface area (Å²) in [6.07, 6.45) is 3.48. The summed E-state index contributed by atoms with van der Waals surface area (Å²) in [7, 11) is 0. The number of hydrogen-bond acceptors (Lipinski definition) is 3. The molecular formula is C16H21NO3. The maximum Gasteiger partial charge on any atom is 0.338 e. The number of carbonyl (C=O) groups excluding carboxylic acids is 2. The van der Waals surface area contributed by atoms with Crippen LogP contribution in [0.2, 0.25) is 0 Å². The molecule has 0 radical (unpaired) electrons. The first-order chi connectivity index (χ1) is 9.58. The van der Waals surface area contributed by atoms with Crippen LogP contribution in [0.15, 0.2) is 35.9 Å². The van der Waals surface area contributed by atoms with Crippen molar-refractivity contribution in [2.75, 3.05) is 11.9 Å². The normalized spacial score (nSPS) is 11.1. The minimum Gasteiger partial charge on any atom is -0.462 e. The fraction of sp³-hybridized carbons (Fsp3) is 0.375. The third-order valence-electron chi connectivity index (χ3n) is 2.68. The van der Waals surface area contributed by atoms with Gasteiger partial charge >= 0.3 is 5.97 Å². The number of ether oxygens (including phenoxy) is 1. The van der Waals surface area contributed by atoms with Gasteiger partial charge in [-0.05, 0) is 44.0 Å². The molecule has 1 rings (SSSR count). The molecule has 4 heteroatoms. The standard InChI is InChI=1S/C16H21NO3/c1-4-6-12(3)15(18)17-14-9-7-13(8-10-14)16(19)20-11-5-2/h6-10H,4-5,11H2,1-3H3,(H,17,18)/b12-6+. The summed E-state index contributed by atoms with van der Waals surface area (Å²) in [5.74, 6) is -0.472. The van der Waals surface area contributed by atoms with Gasteiger partial charge in [-0.1, -0.05) is 19.9 Å². The number of anilines is 1. The molecule has 0 saturated carbocycles. The molecule has 0 aliphatic rings. The summed E-state index contributed by atoms with van der Waals surface area (Å²) in [6, 6.07) is 6.68. The highest BCUT2D eigenvalue weighted by atomic mass is 16.5. The first-order valence-electron chi connectivity index (χ1n) is 6.83. The lowest BCUT2D eigenvalue weighted by atomic mass is 10.2. The van der Waals surface area contributed by atoms with E-state index in [1.54, 1.807) is 31.2 Å². The topological polar surface area (TPSA) is 55.4 Å². The van der Waals surface area contributed by atoms with Crippen LogP contribution in [0.1, 0.15) is 44.0 Å². The van der Waals surface area contributed by atoms with Crippen molar-refractivity contribution >= 4 is 17.6 Å². The van der Waals surface area contributed by atoms with Crippen molar-refractivity contribution in [1.82, 2.24) is 0 Å². The largest absolute Gasteiger partial charge is 0.462 e. The molecule has 0 unspecified atom stereocenters. The van der Waals surface area contributed by atoms with E-state index >= 15 is 0 Å². The lowest BCUT2D eigenvalue weighted by molar-refractivity contribution is -0.112. The Balaban J connectivity index is 2.65. The highest BCUT2D eigenvalue weighted by Crippen LogP contribution is 2.12. The highest BCUT2D eigenvalue weighted by molar-refractivity contribution is 6.03. The van der Waals surface area contributed by atoms with Crippen molar-refractivity contribution < 1.29 is 14.3 Å². The lowest BCUT2D eigenvalue weighted by Gasteiger charge is -2.07. The number of hydrogen-bond donors (Lipinski definition) is 1. The van der Waals surface area contributed by atoms with Crippen molar-refractivity contribution in [3.63, 3.8) is 0 Å². The summed E-state index contributed by atoms with van der Waals surface area (Å²) in [5, 5.41) is 2.78. The Bertz CT molecular complexity index is 489. The van der Waals surface area contributed by atoms with E-state index in [0.717, 1.165) is 12.8 Å². The van der Waals surface area contributed by atoms with Crippen LogP contribution in [0.4, 0.5) is 5.69 Å². The third kappa shape index (κ3) is 4.88. The van der Waals surface area contributed by atoms with Gasteiger partial charge in [-0.2, -0.15) is 0 Å². The van der Waals surface area contributed by atoms with Gasteiger partial charge in [-0.3, -0.25) is 4.79 Å². The van der Waals surface area contributed by atoms with Crippen LogP contribution >= 0.6 is 0 Å². The Hall–Kier alpha value is -2.10. The van der Waals surface area contributed by atoms with E-state index in [-0.39, 0.29) is 11.9 Å². The second-order valence-corrected chi connectivity index (χ2v) is 4.46. The van der Waals surface area contributed by atoms with E-state index in [1.165, 1.54) is 0 Å². The minimum absolute atomic E-state index is 0.131. The predicted molar refractivity (Wildman–Crippen MR) is 79.7 cm³/mol. The first-order valence-corrected chi connectivity index (χ1v) is 6.83. The third-order valence-corrected chi connectivity index (χ3v) is 2.68. The molecule has 20 heavy (non-hydrogen) atoms. The molecular weight excluding hydrogens is 254 g/mol. The number of nitrogens with one attached hydrogen (secondary N) is 1. The molecule has 0 atom stereocenters. The maximum absolute atomic E-state index is 11.8. The molecule has 0 aliphatic carbocycles. The first kappa shape index (κ1) is 16.0. The van der Waals surface area contributed by atoms with Gasteiger partial charge in [-0.25, -0.2) is 4.79 Å². The molecule has 0 aliphatic heterocycles. The summed E-state index contributed by atoms with van der Waals surface area (Å²) in [4.78, 5) is 23.4. The fourth-order valence-electron chi connectivity index (χ4n) is 1.60. The molecule has 0 spiro atoms. The van der Waals surface area contributed by atoms with Gasteiger partial charge < -0.3 is 10.1 Å². The molecule has 1 aromatic carbocycles. The van der Waals surface area contributed by atoms with Crippen molar-refractivity contribution in [1.29, 1.82) is 0 Å². The Morgan fingerprint density at radius 3 is 2.40 bits per heavy atom. The highest BCUT2D eigenvalue weighted by Gasteiger charge is 2.08. The fourth-order valence-corrected chi connectivity index (χ4v) is 1.60. The van der Waals surface area contributed by atoms with Crippen LogP contribution in [0.25, 0.3) is 0 Å². The van der Waals surface area contributed by atoms with Crippen LogP contribution in [0, 0.1) is 0 Å². The molecule has 1 N–H and O–H groups in total. The van der Waals surface area contributed by atoms with Crippen LogP contribution < -0.4 is 5.32 Å². The molecule has 0 bridgehead atoms. The van der Waals surface area contributed by atoms with Crippen LogP contribution in [-0.4, -0.2) is 18.5 Å². The monoisotopic (exact) mass is 275 g/mol. The van der Waals surface area contributed by atoms with E-state index in [2.05, 4.69) is 5.32 Å². The van der Waals surface area contributed by atoms with Crippen molar-refractivity contribution in [3.8, 4) is 0 Å². The summed E-state index contributed by atoms with van der Waals surface area (Å²) in [5.41, 5.74) is 1.82. The maximum atomic E-state index is 11.8. The zero-order valence-electron chi connectivity index (χ0n) is 12.2. The van der Waals surface area contributed by atoms with Crippen LogP contribution in [0.5, 0.6) is 0 Å². The van der Waals surface area contributed by atoms with Gasteiger partial charge in [0.15, 0.2) is 0 Å². The Kier molecular flexibility index (Phi) is 6.50. The summed E-state index contributed by atoms with van der Waals surface area (Å²) >= 11 is 0. The van der Waals surface area contributed by atoms with E-state index in [4.69, 9.17) is 4.74 Å². The summed E-state index contributed by atoms with van der Waals surface area (Å²) < 4.78 is 5.03. The number of rotatable bonds is 6. The Morgan fingerprint density at radius 1 is 1.20 bits per heavy atom. The van der Waals surface area contributed by atoms with Gasteiger partial charge in [0.2, 0.25) is 0 Å². The predicted octanol–water partition coefficient (Wildman–Crippen LogP) is 3.55. The summed E-state index contributed by atoms with van der Waals surface area (Å²) in [6.45, 7) is 6.11. The average molecular weight is 275 g/mol. The Morgan fingerprint density at radius 2 is 1.85 bits per heavy atom. The number of carbonyl (C=O) groups is 2. The van der Waals surface area contributed by atoms with Crippen LogP contribution in [-0.2, 0) is 9.53 Å². The SMILES string of the molecule is CC/C=C(\C)C(=O)Nc1ccc(C(=O)OCCC)cc1. The zero-order chi connectivity index (χ0) is 15.0. The Labute approximate surface area is 119 Å². The second kappa shape index (κ2) is 8.15. The van der Waals surface area contributed by atoms with E-state index in [9.17, 15) is 9.59 Å². The number of allylic oxidation sites excluding steroid dienone is 1. The zero-order valence-corrected chi connectivity index (χ0v) is 12.2. The molecule has 108 valence electrons. The van der Waals surface area contributed by atoms with Gasteiger partial charge in [0.05, 0.1) is 12.2 Å². The molecule has 0 aromatic heterocycles. The molecule has 4 nitrogen and oxygen atoms in total. The minimum atomic E-state index is -0.341. The van der Waals surface area contributed by atoms with E-state index in [1.807, 2.05) is 19.9 Å². The van der Waals surface area contributed by atoms with E-state index < -0.39 is 0 Å². The quantitative estimate of drug-likeness (QED) is 0.638. The van der Waals surface area contributed by atoms with Crippen molar-refractivity contribution in [3.05, 3.63) is 41.5 Å². The van der Waals surface area contributed by atoms with Crippen molar-refractivity contribution in [2.24, 2.45) is 0 Å². The van der Waals surface area contributed by atoms with Crippen molar-refractivity contribution in [2.45, 2.75) is 33.6 Å².